The molecule has 0 spiro atoms. The Bertz CT molecular complexity index is 758. The van der Waals surface area contributed by atoms with E-state index < -0.39 is 0 Å². The second-order valence-electron chi connectivity index (χ2n) is 7.85. The van der Waals surface area contributed by atoms with Gasteiger partial charge in [0.25, 0.3) is 0 Å². The smallest absolute Gasteiger partial charge is 0.229 e. The predicted octanol–water partition coefficient (Wildman–Crippen LogP) is 3.53. The van der Waals surface area contributed by atoms with Crippen LogP contribution in [-0.2, 0) is 11.2 Å². The van der Waals surface area contributed by atoms with E-state index in [4.69, 9.17) is 5.73 Å². The molecular formula is C20H26N4OS. The lowest BCUT2D eigenvalue weighted by atomic mass is 9.65. The number of nitrogens with zero attached hydrogens (tertiary/aromatic N) is 2. The number of carbonyl (C=O) groups is 1. The molecule has 1 heterocycles. The average molecular weight is 371 g/mol. The van der Waals surface area contributed by atoms with Gasteiger partial charge in [-0.05, 0) is 50.0 Å². The van der Waals surface area contributed by atoms with Crippen molar-refractivity contribution in [2.75, 3.05) is 5.32 Å². The minimum absolute atomic E-state index is 0.0644. The summed E-state index contributed by atoms with van der Waals surface area (Å²) in [5, 5.41) is 12.9. The first-order valence-corrected chi connectivity index (χ1v) is 10.3. The molecule has 3 N–H and O–H groups in total. The van der Waals surface area contributed by atoms with E-state index in [1.165, 1.54) is 41.7 Å². The molecule has 2 saturated carbocycles. The van der Waals surface area contributed by atoms with E-state index in [0.29, 0.717) is 17.0 Å². The highest BCUT2D eigenvalue weighted by molar-refractivity contribution is 7.15. The highest BCUT2D eigenvalue weighted by Crippen LogP contribution is 2.42. The van der Waals surface area contributed by atoms with Gasteiger partial charge in [-0.2, -0.15) is 0 Å². The quantitative estimate of drug-likeness (QED) is 0.863. The predicted molar refractivity (Wildman–Crippen MR) is 104 cm³/mol. The van der Waals surface area contributed by atoms with Crippen LogP contribution in [0.4, 0.5) is 5.13 Å². The zero-order valence-corrected chi connectivity index (χ0v) is 16.0. The summed E-state index contributed by atoms with van der Waals surface area (Å²) in [5.41, 5.74) is 8.79. The van der Waals surface area contributed by atoms with Gasteiger partial charge in [-0.15, -0.1) is 10.2 Å². The first-order valence-electron chi connectivity index (χ1n) is 9.53. The lowest BCUT2D eigenvalue weighted by Crippen LogP contribution is -2.48. The lowest BCUT2D eigenvalue weighted by Gasteiger charge is -2.43. The van der Waals surface area contributed by atoms with E-state index in [2.05, 4.69) is 46.7 Å². The van der Waals surface area contributed by atoms with Crippen LogP contribution in [0.5, 0.6) is 0 Å². The van der Waals surface area contributed by atoms with Crippen molar-refractivity contribution >= 4 is 22.4 Å². The van der Waals surface area contributed by atoms with E-state index in [1.807, 2.05) is 0 Å². The van der Waals surface area contributed by atoms with Crippen LogP contribution >= 0.6 is 11.3 Å². The van der Waals surface area contributed by atoms with E-state index in [1.54, 1.807) is 0 Å². The average Bonchev–Trinajstić information content (AvgIpc) is 3.03. The van der Waals surface area contributed by atoms with Crippen molar-refractivity contribution in [3.05, 3.63) is 40.4 Å². The minimum atomic E-state index is 0.0644. The van der Waals surface area contributed by atoms with Crippen molar-refractivity contribution in [1.29, 1.82) is 0 Å². The molecule has 2 aliphatic carbocycles. The summed E-state index contributed by atoms with van der Waals surface area (Å²) in [5.74, 6) is 1.16. The van der Waals surface area contributed by atoms with Crippen molar-refractivity contribution in [1.82, 2.24) is 10.2 Å². The number of hydrogen-bond donors (Lipinski definition) is 2. The first kappa shape index (κ1) is 17.6. The van der Waals surface area contributed by atoms with Gasteiger partial charge < -0.3 is 11.1 Å². The fourth-order valence-electron chi connectivity index (χ4n) is 4.47. The van der Waals surface area contributed by atoms with Crippen LogP contribution in [0.3, 0.4) is 0 Å². The monoisotopic (exact) mass is 370 g/mol. The molecule has 2 bridgehead atoms. The number of aryl methyl sites for hydroxylation is 1. The summed E-state index contributed by atoms with van der Waals surface area (Å²) in [6.45, 7) is 2.08. The van der Waals surface area contributed by atoms with Gasteiger partial charge in [0.15, 0.2) is 0 Å². The van der Waals surface area contributed by atoms with Crippen LogP contribution in [0, 0.1) is 24.7 Å². The molecule has 1 aromatic carbocycles. The molecular weight excluding hydrogens is 344 g/mol. The van der Waals surface area contributed by atoms with Crippen molar-refractivity contribution < 1.29 is 4.79 Å². The Hall–Kier alpha value is -1.79. The molecule has 5 nitrogen and oxygen atoms in total. The van der Waals surface area contributed by atoms with Gasteiger partial charge in [-0.25, -0.2) is 0 Å². The molecule has 0 aliphatic heterocycles. The van der Waals surface area contributed by atoms with Crippen molar-refractivity contribution in [2.45, 2.75) is 51.5 Å². The number of rotatable bonds is 4. The van der Waals surface area contributed by atoms with E-state index in [0.717, 1.165) is 24.3 Å². The largest absolute Gasteiger partial charge is 0.327 e. The third-order valence-electron chi connectivity index (χ3n) is 5.96. The summed E-state index contributed by atoms with van der Waals surface area (Å²) < 4.78 is 0. The zero-order chi connectivity index (χ0) is 18.1. The molecule has 26 heavy (non-hydrogen) atoms. The number of nitrogens with one attached hydrogen (secondary N) is 1. The van der Waals surface area contributed by atoms with Gasteiger partial charge in [0.05, 0.1) is 0 Å². The molecule has 1 amide bonds. The maximum atomic E-state index is 12.7. The summed E-state index contributed by atoms with van der Waals surface area (Å²) in [7, 11) is 0. The molecule has 6 heteroatoms. The molecule has 2 atom stereocenters. The molecule has 4 rings (SSSR count). The van der Waals surface area contributed by atoms with Crippen molar-refractivity contribution in [3.63, 3.8) is 0 Å². The highest BCUT2D eigenvalue weighted by atomic mass is 32.1. The Kier molecular flexibility index (Phi) is 5.05. The number of carbonyl (C=O) groups excluding carboxylic acids is 1. The van der Waals surface area contributed by atoms with Crippen LogP contribution in [0.2, 0.25) is 0 Å². The lowest BCUT2D eigenvalue weighted by molar-refractivity contribution is -0.122. The summed E-state index contributed by atoms with van der Waals surface area (Å²) in [6, 6.07) is 8.71. The SMILES string of the molecule is Cc1ccc(Cc2nnc(NC(=O)C3CC4CCCC(C3)C4N)s2)cc1. The standard InChI is InChI=1S/C20H26N4OS/c1-12-5-7-13(8-6-12)9-17-23-24-20(26-17)22-19(25)16-10-14-3-2-4-15(11-16)18(14)21/h5-8,14-16,18H,2-4,9-11,21H2,1H3,(H,22,24,25). The van der Waals surface area contributed by atoms with Crippen molar-refractivity contribution in [2.24, 2.45) is 23.5 Å². The molecule has 2 aromatic rings. The Morgan fingerprint density at radius 2 is 1.88 bits per heavy atom. The van der Waals surface area contributed by atoms with Crippen LogP contribution in [0.15, 0.2) is 24.3 Å². The number of aromatic nitrogens is 2. The Morgan fingerprint density at radius 1 is 1.19 bits per heavy atom. The Morgan fingerprint density at radius 3 is 2.58 bits per heavy atom. The van der Waals surface area contributed by atoms with Crippen LogP contribution in [0.1, 0.15) is 48.2 Å². The van der Waals surface area contributed by atoms with Gasteiger partial charge in [0.2, 0.25) is 11.0 Å². The topological polar surface area (TPSA) is 80.9 Å². The van der Waals surface area contributed by atoms with Gasteiger partial charge in [-0.3, -0.25) is 4.79 Å². The number of benzene rings is 1. The van der Waals surface area contributed by atoms with Crippen LogP contribution < -0.4 is 11.1 Å². The van der Waals surface area contributed by atoms with E-state index in [-0.39, 0.29) is 17.9 Å². The van der Waals surface area contributed by atoms with Crippen LogP contribution in [0.25, 0.3) is 0 Å². The van der Waals surface area contributed by atoms with Gasteiger partial charge in [0.1, 0.15) is 5.01 Å². The second-order valence-corrected chi connectivity index (χ2v) is 8.91. The third-order valence-corrected chi connectivity index (χ3v) is 6.80. The number of hydrogen-bond acceptors (Lipinski definition) is 5. The molecule has 1 aromatic heterocycles. The van der Waals surface area contributed by atoms with Gasteiger partial charge >= 0.3 is 0 Å². The van der Waals surface area contributed by atoms with E-state index >= 15 is 0 Å². The number of amides is 1. The minimum Gasteiger partial charge on any atom is -0.327 e. The number of anilines is 1. The molecule has 2 unspecified atom stereocenters. The molecule has 2 fully saturated rings. The summed E-state index contributed by atoms with van der Waals surface area (Å²) in [6.07, 6.45) is 6.17. The Balaban J connectivity index is 1.36. The normalized spacial score (nSPS) is 27.9. The van der Waals surface area contributed by atoms with Gasteiger partial charge in [0, 0.05) is 18.4 Å². The van der Waals surface area contributed by atoms with E-state index in [9.17, 15) is 4.79 Å². The number of fused-ring (bicyclic) bond motifs is 2. The first-order chi connectivity index (χ1) is 12.6. The highest BCUT2D eigenvalue weighted by Gasteiger charge is 2.40. The maximum absolute atomic E-state index is 12.7. The maximum Gasteiger partial charge on any atom is 0.229 e. The number of nitrogens with two attached hydrogens (primary N) is 1. The zero-order valence-electron chi connectivity index (χ0n) is 15.1. The summed E-state index contributed by atoms with van der Waals surface area (Å²) >= 11 is 1.47. The second kappa shape index (κ2) is 7.45. The van der Waals surface area contributed by atoms with Gasteiger partial charge in [-0.1, -0.05) is 47.6 Å². The fourth-order valence-corrected chi connectivity index (χ4v) is 5.24. The van der Waals surface area contributed by atoms with Crippen molar-refractivity contribution in [3.8, 4) is 0 Å². The molecule has 138 valence electrons. The van der Waals surface area contributed by atoms with Crippen LogP contribution in [-0.4, -0.2) is 22.1 Å². The molecule has 2 aliphatic rings. The Labute approximate surface area is 158 Å². The molecule has 0 saturated heterocycles. The molecule has 0 radical (unpaired) electrons. The third kappa shape index (κ3) is 3.81. The fraction of sp³-hybridized carbons (Fsp3) is 0.550. The summed E-state index contributed by atoms with van der Waals surface area (Å²) in [4.78, 5) is 12.7.